The Kier molecular flexibility index (Phi) is 6.23. The predicted molar refractivity (Wildman–Crippen MR) is 165 cm³/mol. The molecule has 0 spiro atoms. The maximum absolute atomic E-state index is 5.06. The number of hydrogen-bond acceptors (Lipinski definition) is 3. The van der Waals surface area contributed by atoms with E-state index >= 15 is 0 Å². The van der Waals surface area contributed by atoms with Crippen LogP contribution < -0.4 is 5.32 Å². The van der Waals surface area contributed by atoms with E-state index in [0.717, 1.165) is 51.7 Å². The van der Waals surface area contributed by atoms with Crippen LogP contribution in [0.3, 0.4) is 0 Å². The Morgan fingerprint density at radius 3 is 1.55 bits per heavy atom. The Hall–Kier alpha value is -5.28. The summed E-state index contributed by atoms with van der Waals surface area (Å²) in [5.41, 5.74) is 12.2. The first-order valence-electron chi connectivity index (χ1n) is 13.5. The minimum absolute atomic E-state index is 0.795. The second-order valence-electron chi connectivity index (χ2n) is 9.96. The van der Waals surface area contributed by atoms with Crippen molar-refractivity contribution < 1.29 is 0 Å². The summed E-state index contributed by atoms with van der Waals surface area (Å²) in [6, 6.07) is 50.8. The zero-order chi connectivity index (χ0) is 26.7. The van der Waals surface area contributed by atoms with Crippen molar-refractivity contribution in [3.05, 3.63) is 157 Å². The van der Waals surface area contributed by atoms with Crippen molar-refractivity contribution in [1.82, 2.24) is 10.3 Å². The summed E-state index contributed by atoms with van der Waals surface area (Å²) in [6.07, 6.45) is 0. The molecule has 0 unspecified atom stereocenters. The SMILES string of the molecule is c1ccc(-c2cc(-c3ccccc3)nc(-c3ccc(-c4ccc(C5=Nc6ccccc6CN5)cc4)cc3)c2)cc1. The molecule has 6 aromatic rings. The summed E-state index contributed by atoms with van der Waals surface area (Å²) in [5.74, 6) is 0.916. The lowest BCUT2D eigenvalue weighted by Gasteiger charge is -2.18. The molecular weight excluding hydrogens is 486 g/mol. The van der Waals surface area contributed by atoms with Crippen molar-refractivity contribution in [3.63, 3.8) is 0 Å². The standard InChI is InChI=1S/C37H27N3/c1-3-9-26(10-4-1)33-23-35(29-11-5-2-6-12-29)39-36(24-33)30-19-15-27(16-20-30)28-17-21-31(22-18-28)37-38-25-32-13-7-8-14-34(32)40-37/h1-24H,25H2,(H,38,40). The molecule has 40 heavy (non-hydrogen) atoms. The molecule has 0 fully saturated rings. The van der Waals surface area contributed by atoms with Gasteiger partial charge in [0, 0.05) is 23.2 Å². The van der Waals surface area contributed by atoms with Crippen molar-refractivity contribution in [1.29, 1.82) is 0 Å². The molecule has 0 bridgehead atoms. The fraction of sp³-hybridized carbons (Fsp3) is 0.0270. The van der Waals surface area contributed by atoms with Crippen LogP contribution in [0.15, 0.2) is 151 Å². The van der Waals surface area contributed by atoms with E-state index < -0.39 is 0 Å². The Balaban J connectivity index is 1.19. The second-order valence-corrected chi connectivity index (χ2v) is 9.96. The molecule has 1 aromatic heterocycles. The molecule has 0 saturated carbocycles. The lowest BCUT2D eigenvalue weighted by atomic mass is 9.98. The fourth-order valence-corrected chi connectivity index (χ4v) is 5.16. The summed E-state index contributed by atoms with van der Waals surface area (Å²) < 4.78 is 0. The molecule has 0 aliphatic carbocycles. The smallest absolute Gasteiger partial charge is 0.134 e. The van der Waals surface area contributed by atoms with Crippen molar-refractivity contribution >= 4 is 11.5 Å². The zero-order valence-corrected chi connectivity index (χ0v) is 22.0. The number of amidine groups is 1. The van der Waals surface area contributed by atoms with Crippen LogP contribution in [0, 0.1) is 0 Å². The molecule has 190 valence electrons. The number of fused-ring (bicyclic) bond motifs is 1. The Bertz CT molecular complexity index is 1750. The largest absolute Gasteiger partial charge is 0.365 e. The second kappa shape index (κ2) is 10.5. The number of para-hydroxylation sites is 1. The number of nitrogens with one attached hydrogen (secondary N) is 1. The number of aromatic nitrogens is 1. The fourth-order valence-electron chi connectivity index (χ4n) is 5.16. The summed E-state index contributed by atoms with van der Waals surface area (Å²) in [7, 11) is 0. The highest BCUT2D eigenvalue weighted by Crippen LogP contribution is 2.31. The first kappa shape index (κ1) is 23.8. The van der Waals surface area contributed by atoms with Crippen LogP contribution in [0.25, 0.3) is 44.8 Å². The lowest BCUT2D eigenvalue weighted by molar-refractivity contribution is 0.893. The van der Waals surface area contributed by atoms with Gasteiger partial charge < -0.3 is 5.32 Å². The zero-order valence-electron chi connectivity index (χ0n) is 22.0. The average Bonchev–Trinajstić information content (AvgIpc) is 3.05. The van der Waals surface area contributed by atoms with Crippen molar-refractivity contribution in [2.24, 2.45) is 4.99 Å². The van der Waals surface area contributed by atoms with Crippen molar-refractivity contribution in [2.75, 3.05) is 0 Å². The van der Waals surface area contributed by atoms with Crippen LogP contribution in [-0.4, -0.2) is 10.8 Å². The topological polar surface area (TPSA) is 37.3 Å². The number of hydrogen-bond donors (Lipinski definition) is 1. The lowest BCUT2D eigenvalue weighted by Crippen LogP contribution is -2.26. The first-order chi connectivity index (χ1) is 19.8. The number of benzene rings is 5. The number of pyridine rings is 1. The van der Waals surface area contributed by atoms with E-state index in [1.54, 1.807) is 0 Å². The maximum Gasteiger partial charge on any atom is 0.134 e. The molecule has 7 rings (SSSR count). The number of nitrogens with zero attached hydrogens (tertiary/aromatic N) is 2. The predicted octanol–water partition coefficient (Wildman–Crippen LogP) is 8.93. The van der Waals surface area contributed by atoms with E-state index in [-0.39, 0.29) is 0 Å². The van der Waals surface area contributed by atoms with Crippen LogP contribution in [0.5, 0.6) is 0 Å². The van der Waals surface area contributed by atoms with E-state index in [2.05, 4.69) is 133 Å². The van der Waals surface area contributed by atoms with Gasteiger partial charge in [0.1, 0.15) is 5.84 Å². The van der Waals surface area contributed by atoms with Gasteiger partial charge in [0.25, 0.3) is 0 Å². The van der Waals surface area contributed by atoms with E-state index in [0.29, 0.717) is 0 Å². The van der Waals surface area contributed by atoms with Crippen LogP contribution in [0.1, 0.15) is 11.1 Å². The highest BCUT2D eigenvalue weighted by molar-refractivity contribution is 6.01. The molecule has 0 saturated heterocycles. The molecule has 2 heterocycles. The summed E-state index contributed by atoms with van der Waals surface area (Å²) in [6.45, 7) is 0.795. The Morgan fingerprint density at radius 2 is 0.900 bits per heavy atom. The van der Waals surface area contributed by atoms with Gasteiger partial charge in [-0.2, -0.15) is 0 Å². The van der Waals surface area contributed by atoms with Crippen LogP contribution >= 0.6 is 0 Å². The third kappa shape index (κ3) is 4.81. The molecule has 5 aromatic carbocycles. The molecule has 1 aliphatic heterocycles. The quantitative estimate of drug-likeness (QED) is 0.250. The van der Waals surface area contributed by atoms with Gasteiger partial charge in [-0.1, -0.05) is 127 Å². The van der Waals surface area contributed by atoms with Gasteiger partial charge in [-0.15, -0.1) is 0 Å². The summed E-state index contributed by atoms with van der Waals surface area (Å²) in [4.78, 5) is 9.88. The van der Waals surface area contributed by atoms with Crippen LogP contribution in [-0.2, 0) is 6.54 Å². The average molecular weight is 514 g/mol. The molecule has 1 aliphatic rings. The molecule has 0 radical (unpaired) electrons. The summed E-state index contributed by atoms with van der Waals surface area (Å²) >= 11 is 0. The van der Waals surface area contributed by atoms with E-state index in [4.69, 9.17) is 9.98 Å². The molecular formula is C37H27N3. The molecule has 3 nitrogen and oxygen atoms in total. The molecule has 1 N–H and O–H groups in total. The molecule has 3 heteroatoms. The van der Waals surface area contributed by atoms with E-state index in [9.17, 15) is 0 Å². The van der Waals surface area contributed by atoms with Crippen LogP contribution in [0.2, 0.25) is 0 Å². The third-order valence-corrected chi connectivity index (χ3v) is 7.34. The van der Waals surface area contributed by atoms with Gasteiger partial charge in [0.15, 0.2) is 0 Å². The monoisotopic (exact) mass is 513 g/mol. The number of aliphatic imine (C=N–C) groups is 1. The van der Waals surface area contributed by atoms with Crippen LogP contribution in [0.4, 0.5) is 5.69 Å². The van der Waals surface area contributed by atoms with Gasteiger partial charge in [0.2, 0.25) is 0 Å². The van der Waals surface area contributed by atoms with Gasteiger partial charge in [0.05, 0.1) is 17.1 Å². The Morgan fingerprint density at radius 1 is 0.425 bits per heavy atom. The normalized spacial score (nSPS) is 12.2. The van der Waals surface area contributed by atoms with Gasteiger partial charge in [-0.05, 0) is 46.0 Å². The highest BCUT2D eigenvalue weighted by atomic mass is 15.0. The maximum atomic E-state index is 5.06. The highest BCUT2D eigenvalue weighted by Gasteiger charge is 2.13. The van der Waals surface area contributed by atoms with Crippen molar-refractivity contribution in [2.45, 2.75) is 6.54 Å². The minimum Gasteiger partial charge on any atom is -0.365 e. The molecule has 0 amide bonds. The van der Waals surface area contributed by atoms with Gasteiger partial charge in [-0.3, -0.25) is 0 Å². The van der Waals surface area contributed by atoms with Gasteiger partial charge in [-0.25, -0.2) is 9.98 Å². The molecule has 0 atom stereocenters. The van der Waals surface area contributed by atoms with E-state index in [1.807, 2.05) is 18.2 Å². The third-order valence-electron chi connectivity index (χ3n) is 7.34. The first-order valence-corrected chi connectivity index (χ1v) is 13.5. The van der Waals surface area contributed by atoms with Gasteiger partial charge >= 0.3 is 0 Å². The minimum atomic E-state index is 0.795. The van der Waals surface area contributed by atoms with Crippen molar-refractivity contribution in [3.8, 4) is 44.8 Å². The summed E-state index contributed by atoms with van der Waals surface area (Å²) in [5, 5.41) is 3.45. The Labute approximate surface area is 234 Å². The number of rotatable bonds is 5. The van der Waals surface area contributed by atoms with E-state index in [1.165, 1.54) is 22.3 Å².